The largest absolute Gasteiger partial charge is 0.481 e. The number of carboxylic acid groups (broad SMARTS) is 2. The van der Waals surface area contributed by atoms with Gasteiger partial charge in [0.05, 0.1) is 18.8 Å². The Morgan fingerprint density at radius 2 is 1.64 bits per heavy atom. The third-order valence-corrected chi connectivity index (χ3v) is 5.43. The molecule has 4 amide bonds. The molecule has 0 saturated heterocycles. The summed E-state index contributed by atoms with van der Waals surface area (Å²) in [4.78, 5) is 78.7. The van der Waals surface area contributed by atoms with Gasteiger partial charge in [-0.25, -0.2) is 9.78 Å². The number of nitrogens with two attached hydrogens (primary N) is 2. The molecule has 0 fully saturated rings. The van der Waals surface area contributed by atoms with Crippen molar-refractivity contribution in [2.24, 2.45) is 17.4 Å². The number of nitrogens with zero attached hydrogens (tertiary/aromatic N) is 1. The molecule has 15 nitrogen and oxygen atoms in total. The van der Waals surface area contributed by atoms with E-state index in [2.05, 4.69) is 25.9 Å². The highest BCUT2D eigenvalue weighted by molar-refractivity contribution is 5.95. The molecule has 1 heterocycles. The molecular formula is C21H33N7O8. The van der Waals surface area contributed by atoms with E-state index in [4.69, 9.17) is 16.6 Å². The zero-order chi connectivity index (χ0) is 27.4. The zero-order valence-electron chi connectivity index (χ0n) is 20.0. The van der Waals surface area contributed by atoms with Crippen molar-refractivity contribution in [1.29, 1.82) is 0 Å². The highest BCUT2D eigenvalue weighted by Crippen LogP contribution is 2.10. The maximum Gasteiger partial charge on any atom is 0.326 e. The summed E-state index contributed by atoms with van der Waals surface area (Å²) < 4.78 is 0. The topological polar surface area (TPSA) is 260 Å². The molecule has 0 radical (unpaired) electrons. The van der Waals surface area contributed by atoms with Crippen LogP contribution in [-0.2, 0) is 35.2 Å². The van der Waals surface area contributed by atoms with Gasteiger partial charge in [-0.2, -0.15) is 0 Å². The van der Waals surface area contributed by atoms with Crippen LogP contribution in [0.2, 0.25) is 0 Å². The van der Waals surface area contributed by atoms with Crippen molar-refractivity contribution in [2.45, 2.75) is 70.1 Å². The average Bonchev–Trinajstić information content (AvgIpc) is 3.31. The number of H-pyrrole nitrogens is 1. The van der Waals surface area contributed by atoms with E-state index in [0.29, 0.717) is 12.1 Å². The average molecular weight is 512 g/mol. The first-order valence-electron chi connectivity index (χ1n) is 11.2. The maximum absolute atomic E-state index is 13.0. The van der Waals surface area contributed by atoms with E-state index >= 15 is 0 Å². The molecule has 15 heteroatoms. The molecule has 36 heavy (non-hydrogen) atoms. The SMILES string of the molecule is CCC(C)C(NC(=O)C(Cc1cnc[nH]1)NC(=O)C(CCC(=O)O)NC(=O)C(N)CC(N)=O)C(=O)O. The van der Waals surface area contributed by atoms with Crippen LogP contribution in [-0.4, -0.2) is 79.9 Å². The molecule has 0 aromatic carbocycles. The van der Waals surface area contributed by atoms with Crippen molar-refractivity contribution >= 4 is 35.6 Å². The predicted octanol–water partition coefficient (Wildman–Crippen LogP) is -2.40. The molecule has 1 aromatic rings. The lowest BCUT2D eigenvalue weighted by atomic mass is 9.98. The van der Waals surface area contributed by atoms with Gasteiger partial charge in [0.25, 0.3) is 0 Å². The molecule has 0 aliphatic rings. The van der Waals surface area contributed by atoms with Crippen LogP contribution in [0.15, 0.2) is 12.5 Å². The Bertz CT molecular complexity index is 937. The lowest BCUT2D eigenvalue weighted by molar-refractivity contribution is -0.143. The number of primary amides is 1. The first kappa shape index (κ1) is 30.0. The van der Waals surface area contributed by atoms with E-state index in [1.165, 1.54) is 12.5 Å². The third-order valence-electron chi connectivity index (χ3n) is 5.43. The summed E-state index contributed by atoms with van der Waals surface area (Å²) in [6.45, 7) is 3.41. The Balaban J connectivity index is 3.12. The summed E-state index contributed by atoms with van der Waals surface area (Å²) in [5.74, 6) is -6.39. The number of aromatic nitrogens is 2. The number of hydrogen-bond acceptors (Lipinski definition) is 8. The number of imidazole rings is 1. The number of carbonyl (C=O) groups excluding carboxylic acids is 4. The number of carboxylic acids is 2. The molecule has 0 saturated carbocycles. The van der Waals surface area contributed by atoms with Crippen molar-refractivity contribution < 1.29 is 39.0 Å². The van der Waals surface area contributed by atoms with Gasteiger partial charge < -0.3 is 42.6 Å². The Morgan fingerprint density at radius 3 is 2.14 bits per heavy atom. The van der Waals surface area contributed by atoms with Crippen LogP contribution in [0.5, 0.6) is 0 Å². The second-order valence-corrected chi connectivity index (χ2v) is 8.32. The van der Waals surface area contributed by atoms with E-state index in [1.807, 2.05) is 0 Å². The second kappa shape index (κ2) is 14.4. The predicted molar refractivity (Wildman–Crippen MR) is 124 cm³/mol. The van der Waals surface area contributed by atoms with Crippen molar-refractivity contribution in [2.75, 3.05) is 0 Å². The van der Waals surface area contributed by atoms with Gasteiger partial charge in [-0.05, 0) is 12.3 Å². The van der Waals surface area contributed by atoms with E-state index in [0.717, 1.165) is 0 Å². The Labute approximate surface area is 206 Å². The number of carbonyl (C=O) groups is 6. The summed E-state index contributed by atoms with van der Waals surface area (Å²) in [6.07, 6.45) is 1.75. The van der Waals surface area contributed by atoms with Gasteiger partial charge in [0.2, 0.25) is 23.6 Å². The second-order valence-electron chi connectivity index (χ2n) is 8.32. The molecular weight excluding hydrogens is 478 g/mol. The fourth-order valence-electron chi connectivity index (χ4n) is 3.16. The van der Waals surface area contributed by atoms with Crippen molar-refractivity contribution in [3.8, 4) is 0 Å². The molecule has 10 N–H and O–H groups in total. The first-order valence-corrected chi connectivity index (χ1v) is 11.2. The van der Waals surface area contributed by atoms with Crippen LogP contribution < -0.4 is 27.4 Å². The quantitative estimate of drug-likeness (QED) is 0.117. The Morgan fingerprint density at radius 1 is 1.03 bits per heavy atom. The van der Waals surface area contributed by atoms with Gasteiger partial charge in [0, 0.05) is 24.7 Å². The molecule has 0 bridgehead atoms. The highest BCUT2D eigenvalue weighted by Gasteiger charge is 2.32. The fourth-order valence-corrected chi connectivity index (χ4v) is 3.16. The van der Waals surface area contributed by atoms with Gasteiger partial charge in [0.1, 0.15) is 18.1 Å². The summed E-state index contributed by atoms with van der Waals surface area (Å²) >= 11 is 0. The summed E-state index contributed by atoms with van der Waals surface area (Å²) in [5, 5.41) is 25.6. The van der Waals surface area contributed by atoms with Gasteiger partial charge in [-0.15, -0.1) is 0 Å². The van der Waals surface area contributed by atoms with Crippen LogP contribution in [0.4, 0.5) is 0 Å². The summed E-state index contributed by atoms with van der Waals surface area (Å²) in [7, 11) is 0. The van der Waals surface area contributed by atoms with Gasteiger partial charge in [-0.3, -0.25) is 24.0 Å². The molecule has 0 aliphatic heterocycles. The number of rotatable bonds is 16. The summed E-state index contributed by atoms with van der Waals surface area (Å²) in [5.41, 5.74) is 11.1. The zero-order valence-corrected chi connectivity index (χ0v) is 20.0. The third kappa shape index (κ3) is 10.1. The Kier molecular flexibility index (Phi) is 12.0. The smallest absolute Gasteiger partial charge is 0.326 e. The normalized spacial score (nSPS) is 15.0. The number of amides is 4. The lowest BCUT2D eigenvalue weighted by Gasteiger charge is -2.26. The van der Waals surface area contributed by atoms with Gasteiger partial charge in [0.15, 0.2) is 0 Å². The molecule has 5 atom stereocenters. The molecule has 200 valence electrons. The maximum atomic E-state index is 13.0. The van der Waals surface area contributed by atoms with E-state index in [9.17, 15) is 33.9 Å². The van der Waals surface area contributed by atoms with Crippen molar-refractivity contribution in [3.63, 3.8) is 0 Å². The van der Waals surface area contributed by atoms with Crippen LogP contribution in [0.1, 0.15) is 45.2 Å². The minimum atomic E-state index is -1.42. The molecule has 5 unspecified atom stereocenters. The minimum Gasteiger partial charge on any atom is -0.481 e. The number of aliphatic carboxylic acids is 2. The summed E-state index contributed by atoms with van der Waals surface area (Å²) in [6, 6.07) is -5.32. The fraction of sp³-hybridized carbons (Fsp3) is 0.571. The van der Waals surface area contributed by atoms with Gasteiger partial charge >= 0.3 is 11.9 Å². The lowest BCUT2D eigenvalue weighted by Crippen LogP contribution is -2.58. The van der Waals surface area contributed by atoms with Crippen molar-refractivity contribution in [3.05, 3.63) is 18.2 Å². The standard InChI is InChI=1S/C21H33N7O8/c1-3-10(2)17(21(35)36)28-20(34)14(6-11-8-24-9-25-11)27-19(33)13(4-5-16(30)31)26-18(32)12(22)7-15(23)29/h8-10,12-14,17H,3-7,22H2,1-2H3,(H2,23,29)(H,24,25)(H,26,32)(H,27,33)(H,28,34)(H,30,31)(H,35,36). The number of hydrogen-bond donors (Lipinski definition) is 8. The highest BCUT2D eigenvalue weighted by atomic mass is 16.4. The molecule has 1 aromatic heterocycles. The number of nitrogens with one attached hydrogen (secondary N) is 4. The van der Waals surface area contributed by atoms with Crippen LogP contribution in [0.25, 0.3) is 0 Å². The minimum absolute atomic E-state index is 0.106. The Hall–Kier alpha value is -4.01. The van der Waals surface area contributed by atoms with Crippen LogP contribution >= 0.6 is 0 Å². The molecule has 1 rings (SSSR count). The number of aromatic amines is 1. The van der Waals surface area contributed by atoms with Crippen LogP contribution in [0, 0.1) is 5.92 Å². The van der Waals surface area contributed by atoms with E-state index in [-0.39, 0.29) is 12.8 Å². The van der Waals surface area contributed by atoms with Crippen molar-refractivity contribution in [1.82, 2.24) is 25.9 Å². The molecule has 0 aliphatic carbocycles. The first-order chi connectivity index (χ1) is 16.8. The van der Waals surface area contributed by atoms with E-state index < -0.39 is 78.5 Å². The molecule has 0 spiro atoms. The van der Waals surface area contributed by atoms with E-state index in [1.54, 1.807) is 13.8 Å². The van der Waals surface area contributed by atoms with Crippen LogP contribution in [0.3, 0.4) is 0 Å². The van der Waals surface area contributed by atoms with Gasteiger partial charge in [-0.1, -0.05) is 20.3 Å². The monoisotopic (exact) mass is 511 g/mol.